The van der Waals surface area contributed by atoms with Crippen molar-refractivity contribution in [2.24, 2.45) is 0 Å². The van der Waals surface area contributed by atoms with E-state index in [0.29, 0.717) is 0 Å². The van der Waals surface area contributed by atoms with Gasteiger partial charge in [0.25, 0.3) is 0 Å². The van der Waals surface area contributed by atoms with Gasteiger partial charge in [-0.3, -0.25) is 0 Å². The fraction of sp³-hybridized carbons (Fsp3) is 0.0345. The Morgan fingerprint density at radius 3 is 2.23 bits per heavy atom. The number of benzene rings is 5. The maximum absolute atomic E-state index is 6.01. The predicted molar refractivity (Wildman–Crippen MR) is 125 cm³/mol. The second kappa shape index (κ2) is 5.84. The van der Waals surface area contributed by atoms with Gasteiger partial charge in [0.1, 0.15) is 11.2 Å². The Bertz CT molecular complexity index is 1620. The lowest BCUT2D eigenvalue weighted by Crippen LogP contribution is -1.85. The molecule has 1 aliphatic carbocycles. The molecule has 0 amide bonds. The van der Waals surface area contributed by atoms with Crippen molar-refractivity contribution in [1.82, 2.24) is 0 Å². The van der Waals surface area contributed by atoms with Crippen LogP contribution in [-0.2, 0) is 6.42 Å². The van der Waals surface area contributed by atoms with Crippen LogP contribution in [0.4, 0.5) is 0 Å². The van der Waals surface area contributed by atoms with Crippen LogP contribution in [0.15, 0.2) is 101 Å². The number of hydrogen-bond donors (Lipinski definition) is 0. The van der Waals surface area contributed by atoms with Crippen molar-refractivity contribution < 1.29 is 4.42 Å². The molecule has 0 aliphatic heterocycles. The number of hydrogen-bond acceptors (Lipinski definition) is 1. The van der Waals surface area contributed by atoms with Gasteiger partial charge >= 0.3 is 0 Å². The van der Waals surface area contributed by atoms with E-state index in [-0.39, 0.29) is 0 Å². The Balaban J connectivity index is 1.47. The van der Waals surface area contributed by atoms with Crippen molar-refractivity contribution in [1.29, 1.82) is 0 Å². The minimum atomic E-state index is 0.940. The van der Waals surface area contributed by atoms with E-state index in [2.05, 4.69) is 84.9 Å². The molecule has 0 spiro atoms. The van der Waals surface area contributed by atoms with Crippen LogP contribution < -0.4 is 0 Å². The van der Waals surface area contributed by atoms with Gasteiger partial charge in [0.05, 0.1) is 0 Å². The zero-order chi connectivity index (χ0) is 19.7. The lowest BCUT2D eigenvalue weighted by Gasteiger charge is -2.10. The molecule has 6 aromatic rings. The fourth-order valence-electron chi connectivity index (χ4n) is 5.04. The average molecular weight is 382 g/mol. The van der Waals surface area contributed by atoms with E-state index in [9.17, 15) is 0 Å². The summed E-state index contributed by atoms with van der Waals surface area (Å²) in [6.45, 7) is 0. The SMILES string of the molecule is c1ccc2c(c1)Cc1ccc3ccc(-c4ccc5oc6ccccc6c5c4)cc3c1-2. The van der Waals surface area contributed by atoms with Crippen LogP contribution in [-0.4, -0.2) is 0 Å². The summed E-state index contributed by atoms with van der Waals surface area (Å²) in [5.74, 6) is 0. The maximum Gasteiger partial charge on any atom is 0.135 e. The summed E-state index contributed by atoms with van der Waals surface area (Å²) in [6.07, 6.45) is 1.03. The maximum atomic E-state index is 6.01. The summed E-state index contributed by atoms with van der Waals surface area (Å²) in [5, 5.41) is 4.98. The van der Waals surface area contributed by atoms with Crippen LogP contribution in [0.1, 0.15) is 11.1 Å². The number of para-hydroxylation sites is 1. The Morgan fingerprint density at radius 1 is 0.533 bits per heavy atom. The van der Waals surface area contributed by atoms with Crippen LogP contribution >= 0.6 is 0 Å². The first-order valence-electron chi connectivity index (χ1n) is 10.4. The van der Waals surface area contributed by atoms with Crippen molar-refractivity contribution in [3.05, 3.63) is 108 Å². The van der Waals surface area contributed by atoms with Crippen LogP contribution in [0, 0.1) is 0 Å². The highest BCUT2D eigenvalue weighted by Crippen LogP contribution is 2.42. The third-order valence-corrected chi connectivity index (χ3v) is 6.49. The first kappa shape index (κ1) is 16.0. The Labute approximate surface area is 174 Å². The third-order valence-electron chi connectivity index (χ3n) is 6.49. The minimum absolute atomic E-state index is 0.940. The first-order valence-corrected chi connectivity index (χ1v) is 10.4. The van der Waals surface area contributed by atoms with Gasteiger partial charge in [-0.2, -0.15) is 0 Å². The molecule has 0 N–H and O–H groups in total. The van der Waals surface area contributed by atoms with E-state index in [1.807, 2.05) is 12.1 Å². The van der Waals surface area contributed by atoms with Crippen molar-refractivity contribution in [3.63, 3.8) is 0 Å². The molecule has 7 rings (SSSR count). The molecule has 0 atom stereocenters. The molecule has 30 heavy (non-hydrogen) atoms. The Morgan fingerprint density at radius 2 is 1.27 bits per heavy atom. The largest absolute Gasteiger partial charge is 0.456 e. The zero-order valence-corrected chi connectivity index (χ0v) is 16.4. The highest BCUT2D eigenvalue weighted by molar-refractivity contribution is 6.07. The molecule has 0 saturated heterocycles. The lowest BCUT2D eigenvalue weighted by atomic mass is 9.94. The fourth-order valence-corrected chi connectivity index (χ4v) is 5.04. The second-order valence-corrected chi connectivity index (χ2v) is 8.18. The molecular weight excluding hydrogens is 364 g/mol. The van der Waals surface area contributed by atoms with E-state index >= 15 is 0 Å². The summed E-state index contributed by atoms with van der Waals surface area (Å²) in [6, 6.07) is 35.0. The van der Waals surface area contributed by atoms with Crippen molar-refractivity contribution >= 4 is 32.7 Å². The minimum Gasteiger partial charge on any atom is -0.456 e. The molecule has 0 radical (unpaired) electrons. The van der Waals surface area contributed by atoms with Gasteiger partial charge in [0, 0.05) is 10.8 Å². The van der Waals surface area contributed by atoms with Crippen LogP contribution in [0.25, 0.3) is 55.0 Å². The summed E-state index contributed by atoms with van der Waals surface area (Å²) in [4.78, 5) is 0. The van der Waals surface area contributed by atoms with E-state index in [1.165, 1.54) is 54.9 Å². The van der Waals surface area contributed by atoms with Gasteiger partial charge < -0.3 is 4.42 Å². The van der Waals surface area contributed by atoms with Gasteiger partial charge in [-0.25, -0.2) is 0 Å². The molecule has 1 heterocycles. The standard InChI is InChI=1S/C29H18O/c1-2-6-23-21(5-1)15-22-12-10-18-9-11-19(16-25(18)29(22)23)20-13-14-28-26(17-20)24-7-3-4-8-27(24)30-28/h1-14,16-17H,15H2. The number of rotatable bonds is 1. The predicted octanol–water partition coefficient (Wildman–Crippen LogP) is 7.98. The Kier molecular flexibility index (Phi) is 3.12. The van der Waals surface area contributed by atoms with Crippen molar-refractivity contribution in [2.75, 3.05) is 0 Å². The smallest absolute Gasteiger partial charge is 0.135 e. The third kappa shape index (κ3) is 2.18. The topological polar surface area (TPSA) is 13.1 Å². The molecular formula is C29H18O. The second-order valence-electron chi connectivity index (χ2n) is 8.18. The lowest BCUT2D eigenvalue weighted by molar-refractivity contribution is 0.669. The normalized spacial score (nSPS) is 12.5. The molecule has 5 aromatic carbocycles. The summed E-state index contributed by atoms with van der Waals surface area (Å²) in [7, 11) is 0. The highest BCUT2D eigenvalue weighted by Gasteiger charge is 2.20. The molecule has 0 bridgehead atoms. The van der Waals surface area contributed by atoms with E-state index in [4.69, 9.17) is 4.42 Å². The van der Waals surface area contributed by atoms with E-state index in [0.717, 1.165) is 17.6 Å². The van der Waals surface area contributed by atoms with Crippen molar-refractivity contribution in [2.45, 2.75) is 6.42 Å². The molecule has 1 nitrogen and oxygen atoms in total. The molecule has 0 unspecified atom stereocenters. The molecule has 1 heteroatoms. The monoisotopic (exact) mass is 382 g/mol. The highest BCUT2D eigenvalue weighted by atomic mass is 16.3. The summed E-state index contributed by atoms with van der Waals surface area (Å²) >= 11 is 0. The molecule has 0 saturated carbocycles. The molecule has 1 aromatic heterocycles. The van der Waals surface area contributed by atoms with Gasteiger partial charge in [-0.1, -0.05) is 72.8 Å². The van der Waals surface area contributed by atoms with Gasteiger partial charge in [-0.15, -0.1) is 0 Å². The molecule has 0 fully saturated rings. The average Bonchev–Trinajstić information content (AvgIpc) is 3.36. The van der Waals surface area contributed by atoms with Gasteiger partial charge in [-0.05, 0) is 74.8 Å². The van der Waals surface area contributed by atoms with Gasteiger partial charge in [0.2, 0.25) is 0 Å². The Hall–Kier alpha value is -3.84. The summed E-state index contributed by atoms with van der Waals surface area (Å²) in [5.41, 5.74) is 9.99. The van der Waals surface area contributed by atoms with E-state index < -0.39 is 0 Å². The van der Waals surface area contributed by atoms with Gasteiger partial charge in [0.15, 0.2) is 0 Å². The molecule has 1 aliphatic rings. The zero-order valence-electron chi connectivity index (χ0n) is 16.4. The van der Waals surface area contributed by atoms with E-state index in [1.54, 1.807) is 0 Å². The van der Waals surface area contributed by atoms with Crippen LogP contribution in [0.2, 0.25) is 0 Å². The quantitative estimate of drug-likeness (QED) is 0.280. The van der Waals surface area contributed by atoms with Crippen LogP contribution in [0.5, 0.6) is 0 Å². The number of furan rings is 1. The first-order chi connectivity index (χ1) is 14.8. The van der Waals surface area contributed by atoms with Crippen molar-refractivity contribution in [3.8, 4) is 22.3 Å². The summed E-state index contributed by atoms with van der Waals surface area (Å²) < 4.78 is 6.01. The molecule has 140 valence electrons. The number of fused-ring (bicyclic) bond motifs is 8. The van der Waals surface area contributed by atoms with Crippen LogP contribution in [0.3, 0.4) is 0 Å².